The van der Waals surface area contributed by atoms with E-state index in [-0.39, 0.29) is 31.0 Å². The molecule has 0 aliphatic carbocycles. The van der Waals surface area contributed by atoms with Gasteiger partial charge in [0.2, 0.25) is 0 Å². The molecular weight excluding hydrogens is 274 g/mol. The van der Waals surface area contributed by atoms with Crippen molar-refractivity contribution < 1.29 is 23.8 Å². The van der Waals surface area contributed by atoms with Crippen LogP contribution in [0.5, 0.6) is 0 Å². The molecular formula is C15H27NO5. The van der Waals surface area contributed by atoms with Gasteiger partial charge in [0.25, 0.3) is 0 Å². The van der Waals surface area contributed by atoms with Crippen LogP contribution in [-0.4, -0.2) is 62.9 Å². The number of esters is 2. The summed E-state index contributed by atoms with van der Waals surface area (Å²) in [5.41, 5.74) is 0. The SMILES string of the molecule is CCCCOC(=O)CN(CCC(=O)OC)CC1CCCO1. The van der Waals surface area contributed by atoms with Gasteiger partial charge in [-0.1, -0.05) is 13.3 Å². The van der Waals surface area contributed by atoms with Gasteiger partial charge in [-0.25, -0.2) is 0 Å². The van der Waals surface area contributed by atoms with Crippen LogP contribution in [-0.2, 0) is 23.8 Å². The summed E-state index contributed by atoms with van der Waals surface area (Å²) < 4.78 is 15.4. The van der Waals surface area contributed by atoms with Crippen molar-refractivity contribution in [1.29, 1.82) is 0 Å². The number of hydrogen-bond acceptors (Lipinski definition) is 6. The highest BCUT2D eigenvalue weighted by Crippen LogP contribution is 2.13. The first kappa shape index (κ1) is 17.9. The van der Waals surface area contributed by atoms with Gasteiger partial charge in [0.1, 0.15) is 0 Å². The predicted molar refractivity (Wildman–Crippen MR) is 77.9 cm³/mol. The topological polar surface area (TPSA) is 65.1 Å². The van der Waals surface area contributed by atoms with E-state index in [4.69, 9.17) is 9.47 Å². The highest BCUT2D eigenvalue weighted by Gasteiger charge is 2.21. The third kappa shape index (κ3) is 8.02. The van der Waals surface area contributed by atoms with E-state index < -0.39 is 0 Å². The third-order valence-corrected chi connectivity index (χ3v) is 3.46. The number of carbonyl (C=O) groups excluding carboxylic acids is 2. The number of carbonyl (C=O) groups is 2. The van der Waals surface area contributed by atoms with Crippen LogP contribution < -0.4 is 0 Å². The van der Waals surface area contributed by atoms with Gasteiger partial charge in [0, 0.05) is 19.7 Å². The Hall–Kier alpha value is -1.14. The minimum atomic E-state index is -0.272. The molecule has 0 spiro atoms. The maximum absolute atomic E-state index is 11.8. The zero-order valence-corrected chi connectivity index (χ0v) is 13.1. The molecule has 1 atom stereocenters. The first-order valence-electron chi connectivity index (χ1n) is 7.72. The second kappa shape index (κ2) is 10.6. The molecule has 122 valence electrons. The van der Waals surface area contributed by atoms with Crippen molar-refractivity contribution in [3.8, 4) is 0 Å². The van der Waals surface area contributed by atoms with E-state index in [0.29, 0.717) is 19.7 Å². The van der Waals surface area contributed by atoms with Crippen molar-refractivity contribution in [1.82, 2.24) is 4.90 Å². The van der Waals surface area contributed by atoms with Crippen LogP contribution in [0.4, 0.5) is 0 Å². The molecule has 1 fully saturated rings. The van der Waals surface area contributed by atoms with E-state index >= 15 is 0 Å². The average molecular weight is 301 g/mol. The Morgan fingerprint density at radius 2 is 2.14 bits per heavy atom. The summed E-state index contributed by atoms with van der Waals surface area (Å²) in [4.78, 5) is 25.0. The van der Waals surface area contributed by atoms with E-state index in [0.717, 1.165) is 32.3 Å². The molecule has 0 N–H and O–H groups in total. The molecule has 6 nitrogen and oxygen atoms in total. The maximum Gasteiger partial charge on any atom is 0.320 e. The maximum atomic E-state index is 11.8. The molecule has 0 aromatic rings. The fourth-order valence-corrected chi connectivity index (χ4v) is 2.22. The Morgan fingerprint density at radius 1 is 1.33 bits per heavy atom. The molecule has 0 saturated carbocycles. The number of methoxy groups -OCH3 is 1. The van der Waals surface area contributed by atoms with Crippen LogP contribution in [0.25, 0.3) is 0 Å². The summed E-state index contributed by atoms with van der Waals surface area (Å²) in [6.45, 7) is 4.61. The van der Waals surface area contributed by atoms with Crippen molar-refractivity contribution in [2.45, 2.75) is 45.1 Å². The van der Waals surface area contributed by atoms with Crippen LogP contribution in [0.3, 0.4) is 0 Å². The van der Waals surface area contributed by atoms with E-state index in [1.807, 2.05) is 11.8 Å². The Labute approximate surface area is 126 Å². The van der Waals surface area contributed by atoms with Gasteiger partial charge < -0.3 is 14.2 Å². The van der Waals surface area contributed by atoms with Gasteiger partial charge in [-0.15, -0.1) is 0 Å². The van der Waals surface area contributed by atoms with E-state index in [1.54, 1.807) is 0 Å². The van der Waals surface area contributed by atoms with Crippen molar-refractivity contribution in [2.24, 2.45) is 0 Å². The fraction of sp³-hybridized carbons (Fsp3) is 0.867. The van der Waals surface area contributed by atoms with Gasteiger partial charge >= 0.3 is 11.9 Å². The summed E-state index contributed by atoms with van der Waals surface area (Å²) in [5, 5.41) is 0. The van der Waals surface area contributed by atoms with Crippen molar-refractivity contribution >= 4 is 11.9 Å². The monoisotopic (exact) mass is 301 g/mol. The summed E-state index contributed by atoms with van der Waals surface area (Å²) in [7, 11) is 1.37. The minimum Gasteiger partial charge on any atom is -0.469 e. The highest BCUT2D eigenvalue weighted by atomic mass is 16.5. The van der Waals surface area contributed by atoms with E-state index in [1.165, 1.54) is 7.11 Å². The van der Waals surface area contributed by atoms with Gasteiger partial charge in [-0.3, -0.25) is 14.5 Å². The van der Waals surface area contributed by atoms with Crippen LogP contribution in [0.2, 0.25) is 0 Å². The number of nitrogens with zero attached hydrogens (tertiary/aromatic N) is 1. The molecule has 1 unspecified atom stereocenters. The summed E-state index contributed by atoms with van der Waals surface area (Å²) >= 11 is 0. The molecule has 1 saturated heterocycles. The Balaban J connectivity index is 2.37. The molecule has 1 aliphatic rings. The smallest absolute Gasteiger partial charge is 0.320 e. The van der Waals surface area contributed by atoms with Crippen molar-refractivity contribution in [3.63, 3.8) is 0 Å². The average Bonchev–Trinajstić information content (AvgIpc) is 2.97. The zero-order valence-electron chi connectivity index (χ0n) is 13.1. The normalized spacial score (nSPS) is 18.0. The molecule has 1 heterocycles. The molecule has 0 bridgehead atoms. The summed E-state index contributed by atoms with van der Waals surface area (Å²) in [6, 6.07) is 0. The molecule has 0 aromatic heterocycles. The minimum absolute atomic E-state index is 0.145. The summed E-state index contributed by atoms with van der Waals surface area (Å²) in [5.74, 6) is -0.516. The molecule has 21 heavy (non-hydrogen) atoms. The van der Waals surface area contributed by atoms with Gasteiger partial charge in [0.05, 0.1) is 32.8 Å². The highest BCUT2D eigenvalue weighted by molar-refractivity contribution is 5.72. The number of rotatable bonds is 10. The van der Waals surface area contributed by atoms with Crippen LogP contribution >= 0.6 is 0 Å². The quantitative estimate of drug-likeness (QED) is 0.448. The van der Waals surface area contributed by atoms with Crippen molar-refractivity contribution in [3.05, 3.63) is 0 Å². The predicted octanol–water partition coefficient (Wildman–Crippen LogP) is 1.37. The van der Waals surface area contributed by atoms with Gasteiger partial charge in [-0.05, 0) is 19.3 Å². The van der Waals surface area contributed by atoms with Gasteiger partial charge in [0.15, 0.2) is 0 Å². The molecule has 0 aromatic carbocycles. The second-order valence-electron chi connectivity index (χ2n) is 5.27. The van der Waals surface area contributed by atoms with Gasteiger partial charge in [-0.2, -0.15) is 0 Å². The first-order chi connectivity index (χ1) is 10.2. The second-order valence-corrected chi connectivity index (χ2v) is 5.27. The number of unbranched alkanes of at least 4 members (excludes halogenated alkanes) is 1. The number of ether oxygens (including phenoxy) is 3. The lowest BCUT2D eigenvalue weighted by Crippen LogP contribution is -2.38. The Bertz CT molecular complexity index is 315. The van der Waals surface area contributed by atoms with Crippen LogP contribution in [0, 0.1) is 0 Å². The largest absolute Gasteiger partial charge is 0.469 e. The molecule has 0 amide bonds. The summed E-state index contributed by atoms with van der Waals surface area (Å²) in [6.07, 6.45) is 4.34. The molecule has 1 aliphatic heterocycles. The lowest BCUT2D eigenvalue weighted by molar-refractivity contribution is -0.147. The van der Waals surface area contributed by atoms with Crippen LogP contribution in [0.1, 0.15) is 39.0 Å². The standard InChI is InChI=1S/C15H27NO5/c1-3-4-9-21-15(18)12-16(8-7-14(17)19-2)11-13-6-5-10-20-13/h13H,3-12H2,1-2H3. The van der Waals surface area contributed by atoms with E-state index in [2.05, 4.69) is 4.74 Å². The molecule has 0 radical (unpaired) electrons. The Kier molecular flexibility index (Phi) is 9.01. The van der Waals surface area contributed by atoms with Crippen LogP contribution in [0.15, 0.2) is 0 Å². The Morgan fingerprint density at radius 3 is 2.76 bits per heavy atom. The number of hydrogen-bond donors (Lipinski definition) is 0. The zero-order chi connectivity index (χ0) is 15.5. The molecule has 1 rings (SSSR count). The molecule has 6 heteroatoms. The lowest BCUT2D eigenvalue weighted by Gasteiger charge is -2.23. The third-order valence-electron chi connectivity index (χ3n) is 3.46. The van der Waals surface area contributed by atoms with Crippen molar-refractivity contribution in [2.75, 3.05) is 40.0 Å². The lowest BCUT2D eigenvalue weighted by atomic mass is 10.2. The van der Waals surface area contributed by atoms with E-state index in [9.17, 15) is 9.59 Å². The fourth-order valence-electron chi connectivity index (χ4n) is 2.22. The first-order valence-corrected chi connectivity index (χ1v) is 7.72.